The number of allylic oxidation sites excluding steroid dienone is 4. The van der Waals surface area contributed by atoms with E-state index < -0.39 is 29.3 Å². The molecular weight excluding hydrogens is 486 g/mol. The lowest BCUT2D eigenvalue weighted by molar-refractivity contribution is -0.0597. The molecule has 1 amide bonds. The molecule has 2 aliphatic heterocycles. The molecule has 202 valence electrons. The van der Waals surface area contributed by atoms with Crippen LogP contribution in [0.15, 0.2) is 47.6 Å². The van der Waals surface area contributed by atoms with Crippen molar-refractivity contribution in [1.82, 2.24) is 0 Å². The van der Waals surface area contributed by atoms with Crippen molar-refractivity contribution in [3.05, 3.63) is 69.8 Å². The van der Waals surface area contributed by atoms with Crippen molar-refractivity contribution in [1.29, 1.82) is 0 Å². The summed E-state index contributed by atoms with van der Waals surface area (Å²) < 4.78 is 6.39. The summed E-state index contributed by atoms with van der Waals surface area (Å²) in [4.78, 5) is 26.1. The lowest BCUT2D eigenvalue weighted by atomic mass is 9.84. The van der Waals surface area contributed by atoms with Crippen LogP contribution in [0.4, 0.5) is 5.69 Å². The van der Waals surface area contributed by atoms with Gasteiger partial charge in [0.05, 0.1) is 23.9 Å². The van der Waals surface area contributed by atoms with Crippen LogP contribution in [0.3, 0.4) is 0 Å². The lowest BCUT2D eigenvalue weighted by Crippen LogP contribution is -2.49. The van der Waals surface area contributed by atoms with Crippen LogP contribution in [0.1, 0.15) is 85.2 Å². The maximum Gasteiger partial charge on any atom is 0.339 e. The molecule has 0 saturated heterocycles. The Kier molecular flexibility index (Phi) is 7.56. The van der Waals surface area contributed by atoms with Crippen LogP contribution in [0.2, 0.25) is 0 Å². The number of fused-ring (bicyclic) bond motifs is 3. The summed E-state index contributed by atoms with van der Waals surface area (Å²) in [7, 11) is 0. The van der Waals surface area contributed by atoms with E-state index in [1.54, 1.807) is 0 Å². The summed E-state index contributed by atoms with van der Waals surface area (Å²) >= 11 is 0. The molecular formula is C30H35NO7. The number of aliphatic hydroxyl groups is 1. The minimum Gasteiger partial charge on any atom is -0.508 e. The molecule has 0 aliphatic carbocycles. The van der Waals surface area contributed by atoms with Gasteiger partial charge in [-0.15, -0.1) is 0 Å². The quantitative estimate of drug-likeness (QED) is 0.339. The van der Waals surface area contributed by atoms with E-state index in [1.807, 2.05) is 6.92 Å². The highest BCUT2D eigenvalue weighted by Crippen LogP contribution is 2.48. The average molecular weight is 522 g/mol. The average Bonchev–Trinajstić information content (AvgIpc) is 3.16. The molecule has 2 aromatic carbocycles. The number of para-hydroxylation sites is 1. The molecule has 2 atom stereocenters. The van der Waals surface area contributed by atoms with E-state index in [0.29, 0.717) is 29.7 Å². The standard InChI is InChI=1S/C30H35NO7/c1-17(2)8-5-9-18(3)10-7-13-30(4)25(33)15-21-24(32)14-20-22(27(21)38-30)16-31(28(20)35)23-12-6-11-19(26(23)34)29(36)37/h6,8,10-12,14,25,32-34H,5,7,9,13,15-16H2,1-4H3,(H,36,37)/b18-10+. The molecule has 2 unspecified atom stereocenters. The second-order valence-electron chi connectivity index (χ2n) is 10.6. The van der Waals surface area contributed by atoms with Crippen molar-refractivity contribution in [2.45, 2.75) is 78.0 Å². The lowest BCUT2D eigenvalue weighted by Gasteiger charge is -2.40. The van der Waals surface area contributed by atoms with Crippen LogP contribution in [0.25, 0.3) is 0 Å². The minimum absolute atomic E-state index is 0.0307. The smallest absolute Gasteiger partial charge is 0.339 e. The molecule has 2 aliphatic rings. The summed E-state index contributed by atoms with van der Waals surface area (Å²) in [5, 5.41) is 41.6. The maximum atomic E-state index is 13.3. The number of carbonyl (C=O) groups excluding carboxylic acids is 1. The predicted octanol–water partition coefficient (Wildman–Crippen LogP) is 5.48. The first-order valence-corrected chi connectivity index (χ1v) is 12.8. The fourth-order valence-corrected chi connectivity index (χ4v) is 5.12. The Hall–Kier alpha value is -3.78. The Balaban J connectivity index is 1.60. The number of amides is 1. The monoisotopic (exact) mass is 521 g/mol. The molecule has 0 spiro atoms. The van der Waals surface area contributed by atoms with E-state index in [-0.39, 0.29) is 35.5 Å². The van der Waals surface area contributed by atoms with Crippen molar-refractivity contribution in [3.63, 3.8) is 0 Å². The number of carboxylic acids is 1. The van der Waals surface area contributed by atoms with E-state index in [1.165, 1.54) is 40.3 Å². The summed E-state index contributed by atoms with van der Waals surface area (Å²) in [5.41, 5.74) is 2.55. The van der Waals surface area contributed by atoms with Crippen molar-refractivity contribution >= 4 is 17.6 Å². The third-order valence-corrected chi connectivity index (χ3v) is 7.45. The van der Waals surface area contributed by atoms with Gasteiger partial charge in [0.15, 0.2) is 5.75 Å². The number of aromatic hydroxyl groups is 2. The van der Waals surface area contributed by atoms with Crippen molar-refractivity contribution in [3.8, 4) is 17.2 Å². The third-order valence-electron chi connectivity index (χ3n) is 7.45. The van der Waals surface area contributed by atoms with Gasteiger partial charge in [-0.05, 0) is 71.6 Å². The van der Waals surface area contributed by atoms with Crippen molar-refractivity contribution < 1.29 is 34.8 Å². The van der Waals surface area contributed by atoms with Gasteiger partial charge in [0, 0.05) is 17.5 Å². The number of benzene rings is 2. The molecule has 0 fully saturated rings. The van der Waals surface area contributed by atoms with Gasteiger partial charge in [-0.2, -0.15) is 0 Å². The van der Waals surface area contributed by atoms with Gasteiger partial charge in [0.1, 0.15) is 22.7 Å². The highest BCUT2D eigenvalue weighted by Gasteiger charge is 2.44. The van der Waals surface area contributed by atoms with Gasteiger partial charge in [-0.3, -0.25) is 4.79 Å². The number of anilines is 1. The minimum atomic E-state index is -1.31. The molecule has 4 rings (SSSR count). The molecule has 8 nitrogen and oxygen atoms in total. The molecule has 4 N–H and O–H groups in total. The summed E-state index contributed by atoms with van der Waals surface area (Å²) in [6, 6.07) is 5.54. The molecule has 0 bridgehead atoms. The maximum absolute atomic E-state index is 13.3. The van der Waals surface area contributed by atoms with Crippen LogP contribution in [0.5, 0.6) is 17.2 Å². The first-order valence-electron chi connectivity index (χ1n) is 12.8. The molecule has 0 saturated carbocycles. The van der Waals surface area contributed by atoms with E-state index in [4.69, 9.17) is 4.74 Å². The summed E-state index contributed by atoms with van der Waals surface area (Å²) in [5.74, 6) is -2.08. The largest absolute Gasteiger partial charge is 0.508 e. The molecule has 2 aromatic rings. The van der Waals surface area contributed by atoms with Crippen LogP contribution in [0, 0.1) is 0 Å². The zero-order valence-electron chi connectivity index (χ0n) is 22.2. The molecule has 38 heavy (non-hydrogen) atoms. The van der Waals surface area contributed by atoms with Crippen molar-refractivity contribution in [2.75, 3.05) is 4.90 Å². The van der Waals surface area contributed by atoms with Crippen LogP contribution >= 0.6 is 0 Å². The van der Waals surface area contributed by atoms with E-state index in [2.05, 4.69) is 32.9 Å². The van der Waals surface area contributed by atoms with Gasteiger partial charge >= 0.3 is 5.97 Å². The van der Waals surface area contributed by atoms with Gasteiger partial charge in [0.2, 0.25) is 0 Å². The number of aromatic carboxylic acids is 1. The highest BCUT2D eigenvalue weighted by molar-refractivity contribution is 6.12. The Labute approximate surface area is 222 Å². The third kappa shape index (κ3) is 5.13. The number of aliphatic hydroxyl groups excluding tert-OH is 1. The van der Waals surface area contributed by atoms with Crippen LogP contribution < -0.4 is 9.64 Å². The zero-order chi connectivity index (χ0) is 27.8. The fourth-order valence-electron chi connectivity index (χ4n) is 5.12. The number of carboxylic acid groups (broad SMARTS) is 1. The number of nitrogens with zero attached hydrogens (tertiary/aromatic N) is 1. The highest BCUT2D eigenvalue weighted by atomic mass is 16.5. The molecule has 0 aromatic heterocycles. The number of hydrogen-bond donors (Lipinski definition) is 4. The predicted molar refractivity (Wildman–Crippen MR) is 144 cm³/mol. The Morgan fingerprint density at radius 2 is 1.89 bits per heavy atom. The SMILES string of the molecule is CC(C)=CCC/C(C)=C/CCC1(C)Oc2c(c(O)cc3c2CN(c2cccc(C(=O)O)c2O)C3=O)CC1O. The second kappa shape index (κ2) is 10.5. The van der Waals surface area contributed by atoms with Gasteiger partial charge < -0.3 is 30.1 Å². The normalized spacial score (nSPS) is 20.6. The van der Waals surface area contributed by atoms with E-state index in [9.17, 15) is 30.0 Å². The number of hydrogen-bond acceptors (Lipinski definition) is 6. The first kappa shape index (κ1) is 27.3. The number of ether oxygens (including phenoxy) is 1. The molecule has 2 heterocycles. The van der Waals surface area contributed by atoms with E-state index >= 15 is 0 Å². The number of rotatable bonds is 8. The number of phenolic OH excluding ortho intramolecular Hbond substituents is 1. The van der Waals surface area contributed by atoms with Gasteiger partial charge in [0.25, 0.3) is 5.91 Å². The molecule has 0 radical (unpaired) electrons. The van der Waals surface area contributed by atoms with E-state index in [0.717, 1.165) is 12.8 Å². The van der Waals surface area contributed by atoms with Gasteiger partial charge in [-0.25, -0.2) is 4.79 Å². The Bertz CT molecular complexity index is 1340. The number of carbonyl (C=O) groups is 2. The molecule has 8 heteroatoms. The van der Waals surface area contributed by atoms with Crippen LogP contribution in [-0.4, -0.2) is 44.0 Å². The number of phenols is 2. The zero-order valence-corrected chi connectivity index (χ0v) is 22.2. The fraction of sp³-hybridized carbons (Fsp3) is 0.400. The Morgan fingerprint density at radius 3 is 2.58 bits per heavy atom. The Morgan fingerprint density at radius 1 is 1.16 bits per heavy atom. The topological polar surface area (TPSA) is 128 Å². The first-order chi connectivity index (χ1) is 17.9. The van der Waals surface area contributed by atoms with Crippen LogP contribution in [-0.2, 0) is 13.0 Å². The second-order valence-corrected chi connectivity index (χ2v) is 10.6. The van der Waals surface area contributed by atoms with Crippen molar-refractivity contribution in [2.24, 2.45) is 0 Å². The summed E-state index contributed by atoms with van der Waals surface area (Å²) in [6.07, 6.45) is 6.86. The summed E-state index contributed by atoms with van der Waals surface area (Å²) in [6.45, 7) is 8.12. The van der Waals surface area contributed by atoms with Gasteiger partial charge in [-0.1, -0.05) is 29.4 Å².